The van der Waals surface area contributed by atoms with E-state index in [2.05, 4.69) is 43.6 Å². The third-order valence-electron chi connectivity index (χ3n) is 1.50. The fourth-order valence-electron chi connectivity index (χ4n) is 0.822. The summed E-state index contributed by atoms with van der Waals surface area (Å²) in [7, 11) is 1.85. The van der Waals surface area contributed by atoms with E-state index in [4.69, 9.17) is 0 Å². The van der Waals surface area contributed by atoms with E-state index in [1.54, 1.807) is 6.92 Å². The summed E-state index contributed by atoms with van der Waals surface area (Å²) in [6, 6.07) is 0.103. The molecule has 5 heteroatoms. The van der Waals surface area contributed by atoms with Crippen molar-refractivity contribution < 1.29 is 4.79 Å². The molecule has 0 rings (SSSR count). The van der Waals surface area contributed by atoms with Crippen molar-refractivity contribution in [1.29, 1.82) is 0 Å². The van der Waals surface area contributed by atoms with Gasteiger partial charge in [-0.2, -0.15) is 0 Å². The van der Waals surface area contributed by atoms with Crippen LogP contribution in [0.15, 0.2) is 12.2 Å². The van der Waals surface area contributed by atoms with E-state index < -0.39 is 0 Å². The number of carbonyl (C=O) groups is 1. The summed E-state index contributed by atoms with van der Waals surface area (Å²) in [4.78, 5) is 11.2. The lowest BCUT2D eigenvalue weighted by Gasteiger charge is -2.17. The molecule has 0 saturated heterocycles. The number of hydrogen-bond donors (Lipinski definition) is 3. The Bertz CT molecular complexity index is 178. The van der Waals surface area contributed by atoms with Crippen LogP contribution in [-0.4, -0.2) is 32.1 Å². The number of amides is 1. The third kappa shape index (κ3) is 6.00. The van der Waals surface area contributed by atoms with Crippen molar-refractivity contribution in [3.8, 4) is 0 Å². The number of hydrogen-bond acceptors (Lipinski definition) is 3. The molecule has 3 N–H and O–H groups in total. The highest BCUT2D eigenvalue weighted by Gasteiger charge is 2.10. The Morgan fingerprint density at radius 2 is 2.15 bits per heavy atom. The predicted molar refractivity (Wildman–Crippen MR) is 62.7 cm³/mol. The van der Waals surface area contributed by atoms with Crippen LogP contribution in [-0.2, 0) is 4.79 Å². The summed E-state index contributed by atoms with van der Waals surface area (Å²) in [6.45, 7) is 6.75. The summed E-state index contributed by atoms with van der Waals surface area (Å²) < 4.78 is 2.98. The van der Waals surface area contributed by atoms with E-state index in [9.17, 15) is 4.79 Å². The molecule has 0 aliphatic rings. The molecule has 0 heterocycles. The molecule has 0 bridgehead atoms. The Kier molecular flexibility index (Phi) is 7.20. The van der Waals surface area contributed by atoms with E-state index in [1.165, 1.54) is 0 Å². The Labute approximate surface area is 93.0 Å². The van der Waals surface area contributed by atoms with Gasteiger partial charge in [-0.1, -0.05) is 6.58 Å². The lowest BCUT2D eigenvalue weighted by molar-refractivity contribution is -0.118. The zero-order chi connectivity index (χ0) is 10.3. The molecule has 4 nitrogen and oxygen atoms in total. The largest absolute Gasteiger partial charge is 0.347 e. The number of likely N-dealkylation sites (N-methyl/N-ethyl adjacent to an activating group) is 1. The second-order valence-corrected chi connectivity index (χ2v) is 3.61. The monoisotopic (exact) mass is 297 g/mol. The van der Waals surface area contributed by atoms with Gasteiger partial charge in [0.25, 0.3) is 0 Å². The molecule has 0 fully saturated rings. The van der Waals surface area contributed by atoms with Gasteiger partial charge in [0, 0.05) is 41.5 Å². The van der Waals surface area contributed by atoms with Gasteiger partial charge in [-0.3, -0.25) is 8.32 Å². The van der Waals surface area contributed by atoms with Gasteiger partial charge in [0.05, 0.1) is 6.04 Å². The molecule has 1 unspecified atom stereocenters. The Morgan fingerprint density at radius 1 is 1.54 bits per heavy atom. The molecule has 0 aliphatic heterocycles. The average molecular weight is 297 g/mol. The van der Waals surface area contributed by atoms with E-state index in [0.717, 1.165) is 13.1 Å². The van der Waals surface area contributed by atoms with Crippen molar-refractivity contribution in [1.82, 2.24) is 14.2 Å². The first-order valence-corrected chi connectivity index (χ1v) is 5.14. The SMILES string of the molecule is C=C(C)C(=O)NC(CNC)CNI. The lowest BCUT2D eigenvalue weighted by Crippen LogP contribution is -2.46. The lowest BCUT2D eigenvalue weighted by atomic mass is 10.2. The standard InChI is InChI=1S/C8H16IN3O/c1-6(2)8(13)12-7(4-10-3)5-11-9/h7,10-11H,1,4-5H2,2-3H3,(H,12,13). The van der Waals surface area contributed by atoms with Crippen molar-refractivity contribution in [3.63, 3.8) is 0 Å². The van der Waals surface area contributed by atoms with Gasteiger partial charge in [-0.25, -0.2) is 0 Å². The highest BCUT2D eigenvalue weighted by atomic mass is 127. The number of rotatable bonds is 6. The van der Waals surface area contributed by atoms with E-state index in [1.807, 2.05) is 7.05 Å². The maximum Gasteiger partial charge on any atom is 0.246 e. The number of nitrogens with one attached hydrogen (secondary N) is 3. The first kappa shape index (κ1) is 12.9. The zero-order valence-corrected chi connectivity index (χ0v) is 10.1. The molecule has 1 atom stereocenters. The molecule has 13 heavy (non-hydrogen) atoms. The molecule has 0 spiro atoms. The van der Waals surface area contributed by atoms with Gasteiger partial charge < -0.3 is 10.6 Å². The molecular weight excluding hydrogens is 281 g/mol. The first-order valence-electron chi connectivity index (χ1n) is 4.06. The number of halogens is 1. The molecule has 0 aromatic carbocycles. The maximum atomic E-state index is 11.2. The van der Waals surface area contributed by atoms with Gasteiger partial charge in [0.2, 0.25) is 5.91 Å². The van der Waals surface area contributed by atoms with Crippen LogP contribution in [0.3, 0.4) is 0 Å². The van der Waals surface area contributed by atoms with Gasteiger partial charge in [-0.05, 0) is 14.0 Å². The van der Waals surface area contributed by atoms with Gasteiger partial charge in [0.1, 0.15) is 0 Å². The zero-order valence-electron chi connectivity index (χ0n) is 7.98. The van der Waals surface area contributed by atoms with Gasteiger partial charge in [0.15, 0.2) is 0 Å². The van der Waals surface area contributed by atoms with Crippen LogP contribution >= 0.6 is 22.9 Å². The molecule has 0 saturated carbocycles. The van der Waals surface area contributed by atoms with Crippen LogP contribution in [0.25, 0.3) is 0 Å². The van der Waals surface area contributed by atoms with E-state index in [-0.39, 0.29) is 11.9 Å². The van der Waals surface area contributed by atoms with Crippen LogP contribution in [0.1, 0.15) is 6.92 Å². The summed E-state index contributed by atoms with van der Waals surface area (Å²) in [5.41, 5.74) is 0.537. The minimum atomic E-state index is -0.0908. The van der Waals surface area contributed by atoms with E-state index >= 15 is 0 Å². The minimum absolute atomic E-state index is 0.0908. The second-order valence-electron chi connectivity index (χ2n) is 2.85. The summed E-state index contributed by atoms with van der Waals surface area (Å²) in [5, 5.41) is 5.86. The Balaban J connectivity index is 3.93. The van der Waals surface area contributed by atoms with Crippen LogP contribution in [0, 0.1) is 0 Å². The molecule has 0 radical (unpaired) electrons. The van der Waals surface area contributed by atoms with Crippen LogP contribution in [0.2, 0.25) is 0 Å². The average Bonchev–Trinajstić information content (AvgIpc) is 2.05. The number of carbonyl (C=O) groups excluding carboxylic acids is 1. The van der Waals surface area contributed by atoms with Crippen LogP contribution in [0.5, 0.6) is 0 Å². The van der Waals surface area contributed by atoms with Crippen molar-refractivity contribution >= 4 is 28.8 Å². The maximum absolute atomic E-state index is 11.2. The van der Waals surface area contributed by atoms with E-state index in [0.29, 0.717) is 5.57 Å². The van der Waals surface area contributed by atoms with Crippen molar-refractivity contribution in [2.75, 3.05) is 20.1 Å². The van der Waals surface area contributed by atoms with Gasteiger partial charge >= 0.3 is 0 Å². The normalized spacial score (nSPS) is 12.2. The molecular formula is C8H16IN3O. The summed E-state index contributed by atoms with van der Waals surface area (Å²) in [6.07, 6.45) is 0. The summed E-state index contributed by atoms with van der Waals surface area (Å²) >= 11 is 2.05. The smallest absolute Gasteiger partial charge is 0.246 e. The van der Waals surface area contributed by atoms with Crippen molar-refractivity contribution in [2.45, 2.75) is 13.0 Å². The van der Waals surface area contributed by atoms with Crippen LogP contribution in [0.4, 0.5) is 0 Å². The van der Waals surface area contributed by atoms with Crippen molar-refractivity contribution in [3.05, 3.63) is 12.2 Å². The van der Waals surface area contributed by atoms with Gasteiger partial charge in [-0.15, -0.1) is 0 Å². The van der Waals surface area contributed by atoms with Crippen molar-refractivity contribution in [2.24, 2.45) is 0 Å². The molecule has 1 amide bonds. The summed E-state index contributed by atoms with van der Waals surface area (Å²) in [5.74, 6) is -0.0908. The highest BCUT2D eigenvalue weighted by Crippen LogP contribution is 1.89. The molecule has 0 aromatic rings. The Morgan fingerprint density at radius 3 is 2.54 bits per heavy atom. The molecule has 0 aliphatic carbocycles. The topological polar surface area (TPSA) is 53.2 Å². The fourth-order valence-corrected chi connectivity index (χ4v) is 1.35. The molecule has 76 valence electrons. The molecule has 0 aromatic heterocycles. The third-order valence-corrected chi connectivity index (χ3v) is 1.94. The first-order chi connectivity index (χ1) is 6.11. The highest BCUT2D eigenvalue weighted by molar-refractivity contribution is 14.1. The predicted octanol–water partition coefficient (Wildman–Crippen LogP) is 0.206. The fraction of sp³-hybridized carbons (Fsp3) is 0.625. The second kappa shape index (κ2) is 7.28. The quantitative estimate of drug-likeness (QED) is 0.373. The minimum Gasteiger partial charge on any atom is -0.347 e. The Hall–Kier alpha value is -0.140. The van der Waals surface area contributed by atoms with Crippen LogP contribution < -0.4 is 14.2 Å².